The van der Waals surface area contributed by atoms with Gasteiger partial charge in [0.2, 0.25) is 0 Å². The summed E-state index contributed by atoms with van der Waals surface area (Å²) < 4.78 is 0. The highest BCUT2D eigenvalue weighted by Gasteiger charge is 2.38. The molecule has 1 saturated heterocycles. The van der Waals surface area contributed by atoms with Gasteiger partial charge in [-0.25, -0.2) is 0 Å². The summed E-state index contributed by atoms with van der Waals surface area (Å²) in [5.74, 6) is 0.943. The number of nitrogens with one attached hydrogen (secondary N) is 2. The van der Waals surface area contributed by atoms with E-state index in [-0.39, 0.29) is 0 Å². The van der Waals surface area contributed by atoms with Gasteiger partial charge in [-0.05, 0) is 50.2 Å². The smallest absolute Gasteiger partial charge is 0.0195 e. The van der Waals surface area contributed by atoms with Crippen LogP contribution in [0.5, 0.6) is 0 Å². The van der Waals surface area contributed by atoms with Gasteiger partial charge in [0, 0.05) is 30.4 Å². The first-order valence-corrected chi connectivity index (χ1v) is 6.13. The number of rotatable bonds is 2. The lowest BCUT2D eigenvalue weighted by Gasteiger charge is -2.23. The van der Waals surface area contributed by atoms with E-state index in [4.69, 9.17) is 0 Å². The lowest BCUT2D eigenvalue weighted by atomic mass is 9.95. The molecule has 3 atom stereocenters. The molecule has 2 heterocycles. The number of aryl methyl sites for hydroxylation is 1. The van der Waals surface area contributed by atoms with Crippen LogP contribution in [-0.4, -0.2) is 17.1 Å². The maximum atomic E-state index is 3.76. The Bertz CT molecular complexity index is 367. The van der Waals surface area contributed by atoms with Crippen molar-refractivity contribution in [1.29, 1.82) is 0 Å². The molecule has 2 fully saturated rings. The average Bonchev–Trinajstić information content (AvgIpc) is 2.89. The summed E-state index contributed by atoms with van der Waals surface area (Å²) in [5, 5.41) is 3.76. The SMILES string of the molecule is Cc1c[nH]c(CC2NC3CCC2C3)c1C. The van der Waals surface area contributed by atoms with Crippen molar-refractivity contribution >= 4 is 0 Å². The van der Waals surface area contributed by atoms with Gasteiger partial charge in [-0.3, -0.25) is 0 Å². The number of aromatic amines is 1. The minimum Gasteiger partial charge on any atom is -0.364 e. The van der Waals surface area contributed by atoms with Gasteiger partial charge in [0.15, 0.2) is 0 Å². The van der Waals surface area contributed by atoms with E-state index in [0.29, 0.717) is 0 Å². The van der Waals surface area contributed by atoms with Crippen LogP contribution < -0.4 is 5.32 Å². The molecule has 0 aromatic carbocycles. The maximum absolute atomic E-state index is 3.76. The summed E-state index contributed by atoms with van der Waals surface area (Å²) in [6, 6.07) is 1.57. The number of aromatic nitrogens is 1. The molecular weight excluding hydrogens is 184 g/mol. The molecule has 1 aliphatic carbocycles. The molecule has 0 amide bonds. The van der Waals surface area contributed by atoms with Crippen molar-refractivity contribution in [3.05, 3.63) is 23.0 Å². The van der Waals surface area contributed by atoms with Crippen LogP contribution in [0.1, 0.15) is 36.1 Å². The zero-order chi connectivity index (χ0) is 10.4. The van der Waals surface area contributed by atoms with Crippen molar-refractivity contribution in [3.8, 4) is 0 Å². The number of piperidine rings is 1. The van der Waals surface area contributed by atoms with Crippen molar-refractivity contribution in [2.24, 2.45) is 5.92 Å². The Labute approximate surface area is 91.5 Å². The van der Waals surface area contributed by atoms with Crippen LogP contribution in [0.15, 0.2) is 6.20 Å². The van der Waals surface area contributed by atoms with Gasteiger partial charge >= 0.3 is 0 Å². The molecular formula is C13H20N2. The van der Waals surface area contributed by atoms with E-state index < -0.39 is 0 Å². The standard InChI is InChI=1S/C13H20N2/c1-8-7-14-12(9(8)2)6-13-10-3-4-11(5-10)15-13/h7,10-11,13-15H,3-6H2,1-2H3. The monoisotopic (exact) mass is 204 g/mol. The molecule has 1 aliphatic heterocycles. The molecule has 0 spiro atoms. The third-order valence-corrected chi connectivity index (χ3v) is 4.42. The molecule has 2 heteroatoms. The van der Waals surface area contributed by atoms with Crippen molar-refractivity contribution in [2.45, 2.75) is 51.6 Å². The third kappa shape index (κ3) is 1.51. The van der Waals surface area contributed by atoms with Crippen LogP contribution in [0, 0.1) is 19.8 Å². The molecule has 2 aliphatic rings. The van der Waals surface area contributed by atoms with E-state index in [1.54, 1.807) is 0 Å². The molecule has 3 rings (SSSR count). The number of hydrogen-bond donors (Lipinski definition) is 2. The van der Waals surface area contributed by atoms with E-state index >= 15 is 0 Å². The fraction of sp³-hybridized carbons (Fsp3) is 0.692. The van der Waals surface area contributed by atoms with Gasteiger partial charge in [0.05, 0.1) is 0 Å². The van der Waals surface area contributed by atoms with Gasteiger partial charge in [0.1, 0.15) is 0 Å². The van der Waals surface area contributed by atoms with Crippen molar-refractivity contribution in [3.63, 3.8) is 0 Å². The van der Waals surface area contributed by atoms with Crippen molar-refractivity contribution < 1.29 is 0 Å². The molecule has 1 aromatic rings. The Hall–Kier alpha value is -0.760. The molecule has 2 bridgehead atoms. The summed E-state index contributed by atoms with van der Waals surface area (Å²) in [6.07, 6.45) is 7.60. The van der Waals surface area contributed by atoms with Gasteiger partial charge in [-0.1, -0.05) is 0 Å². The van der Waals surface area contributed by atoms with E-state index in [0.717, 1.165) is 18.0 Å². The van der Waals surface area contributed by atoms with E-state index in [1.807, 2.05) is 0 Å². The van der Waals surface area contributed by atoms with Gasteiger partial charge in [-0.15, -0.1) is 0 Å². The molecule has 2 N–H and O–H groups in total. The fourth-order valence-electron chi connectivity index (χ4n) is 3.28. The highest BCUT2D eigenvalue weighted by molar-refractivity contribution is 5.29. The fourth-order valence-corrected chi connectivity index (χ4v) is 3.28. The summed E-state index contributed by atoms with van der Waals surface area (Å²) in [5.41, 5.74) is 4.30. The number of fused-ring (bicyclic) bond motifs is 2. The van der Waals surface area contributed by atoms with Crippen LogP contribution >= 0.6 is 0 Å². The van der Waals surface area contributed by atoms with Crippen LogP contribution in [0.3, 0.4) is 0 Å². The van der Waals surface area contributed by atoms with Crippen LogP contribution in [0.2, 0.25) is 0 Å². The van der Waals surface area contributed by atoms with E-state index in [9.17, 15) is 0 Å². The van der Waals surface area contributed by atoms with E-state index in [1.165, 1.54) is 42.5 Å². The summed E-state index contributed by atoms with van der Waals surface area (Å²) in [7, 11) is 0. The van der Waals surface area contributed by atoms with Crippen LogP contribution in [0.4, 0.5) is 0 Å². The number of H-pyrrole nitrogens is 1. The topological polar surface area (TPSA) is 27.8 Å². The summed E-state index contributed by atoms with van der Waals surface area (Å²) >= 11 is 0. The zero-order valence-electron chi connectivity index (χ0n) is 9.64. The molecule has 15 heavy (non-hydrogen) atoms. The molecule has 0 radical (unpaired) electrons. The summed E-state index contributed by atoms with van der Waals surface area (Å²) in [6.45, 7) is 4.41. The first-order chi connectivity index (χ1) is 7.24. The lowest BCUT2D eigenvalue weighted by molar-refractivity contribution is 0.377. The second-order valence-corrected chi connectivity index (χ2v) is 5.32. The van der Waals surface area contributed by atoms with Gasteiger partial charge in [-0.2, -0.15) is 0 Å². The molecule has 1 aromatic heterocycles. The highest BCUT2D eigenvalue weighted by Crippen LogP contribution is 2.36. The Kier molecular flexibility index (Phi) is 2.13. The molecule has 2 nitrogen and oxygen atoms in total. The van der Waals surface area contributed by atoms with Crippen LogP contribution in [0.25, 0.3) is 0 Å². The van der Waals surface area contributed by atoms with Crippen LogP contribution in [-0.2, 0) is 6.42 Å². The third-order valence-electron chi connectivity index (χ3n) is 4.42. The predicted molar refractivity (Wildman–Crippen MR) is 62.0 cm³/mol. The summed E-state index contributed by atoms with van der Waals surface area (Å²) in [4.78, 5) is 3.42. The lowest BCUT2D eigenvalue weighted by Crippen LogP contribution is -2.37. The predicted octanol–water partition coefficient (Wildman–Crippen LogP) is 2.31. The minimum atomic E-state index is 0.737. The van der Waals surface area contributed by atoms with Crippen molar-refractivity contribution in [2.75, 3.05) is 0 Å². The van der Waals surface area contributed by atoms with Crippen molar-refractivity contribution in [1.82, 2.24) is 10.3 Å². The normalized spacial score (nSPS) is 33.9. The first kappa shape index (κ1) is 9.46. The average molecular weight is 204 g/mol. The second-order valence-electron chi connectivity index (χ2n) is 5.32. The molecule has 1 saturated carbocycles. The Morgan fingerprint density at radius 1 is 1.33 bits per heavy atom. The van der Waals surface area contributed by atoms with Gasteiger partial charge < -0.3 is 10.3 Å². The molecule has 82 valence electrons. The number of hydrogen-bond acceptors (Lipinski definition) is 1. The molecule has 3 unspecified atom stereocenters. The largest absolute Gasteiger partial charge is 0.364 e. The zero-order valence-corrected chi connectivity index (χ0v) is 9.64. The quantitative estimate of drug-likeness (QED) is 0.760. The second kappa shape index (κ2) is 3.38. The Morgan fingerprint density at radius 3 is 2.73 bits per heavy atom. The van der Waals surface area contributed by atoms with E-state index in [2.05, 4.69) is 30.3 Å². The Morgan fingerprint density at radius 2 is 2.20 bits per heavy atom. The Balaban J connectivity index is 1.73. The minimum absolute atomic E-state index is 0.737. The van der Waals surface area contributed by atoms with Gasteiger partial charge in [0.25, 0.3) is 0 Å². The highest BCUT2D eigenvalue weighted by atomic mass is 15.0. The first-order valence-electron chi connectivity index (χ1n) is 6.13. The maximum Gasteiger partial charge on any atom is 0.0195 e.